The van der Waals surface area contributed by atoms with Crippen molar-refractivity contribution in [3.63, 3.8) is 0 Å². The Kier molecular flexibility index (Phi) is 5.59. The summed E-state index contributed by atoms with van der Waals surface area (Å²) in [5.41, 5.74) is 2.54. The average Bonchev–Trinajstić information content (AvgIpc) is 2.66. The molecule has 0 unspecified atom stereocenters. The minimum absolute atomic E-state index is 0.381. The predicted molar refractivity (Wildman–Crippen MR) is 90.3 cm³/mol. The molecule has 0 atom stereocenters. The van der Waals surface area contributed by atoms with Crippen molar-refractivity contribution >= 4 is 5.97 Å². The molecule has 0 amide bonds. The van der Waals surface area contributed by atoms with E-state index in [-0.39, 0.29) is 5.92 Å². The number of ether oxygens (including phenoxy) is 1. The molecule has 3 rings (SSSR count). The minimum Gasteiger partial charge on any atom is -0.421 e. The van der Waals surface area contributed by atoms with Crippen LogP contribution in [0, 0.1) is 23.6 Å². The fourth-order valence-corrected chi connectivity index (χ4v) is 3.38. The number of aromatic nitrogens is 1. The Morgan fingerprint density at radius 2 is 1.73 bits per heavy atom. The smallest absolute Gasteiger partial charge is 0.314 e. The number of benzene rings is 1. The van der Waals surface area contributed by atoms with Gasteiger partial charge in [-0.05, 0) is 49.1 Å². The normalized spacial score (nSPS) is 20.0. The summed E-state index contributed by atoms with van der Waals surface area (Å²) < 4.78 is 44.4. The fraction of sp³-hybridized carbons (Fsp3) is 0.400. The summed E-state index contributed by atoms with van der Waals surface area (Å²) in [4.78, 5) is 15.0. The molecule has 1 aliphatic rings. The third kappa shape index (κ3) is 4.06. The van der Waals surface area contributed by atoms with Gasteiger partial charge in [0.25, 0.3) is 11.9 Å². The first kappa shape index (κ1) is 18.4. The molecule has 0 bridgehead atoms. The van der Waals surface area contributed by atoms with Gasteiger partial charge in [0.15, 0.2) is 11.6 Å². The zero-order chi connectivity index (χ0) is 18.7. The van der Waals surface area contributed by atoms with E-state index in [0.717, 1.165) is 19.3 Å². The van der Waals surface area contributed by atoms with Crippen LogP contribution in [-0.2, 0) is 11.2 Å². The molecule has 0 N–H and O–H groups in total. The van der Waals surface area contributed by atoms with Crippen LogP contribution in [0.1, 0.15) is 49.7 Å². The molecule has 6 heteroatoms. The Labute approximate surface area is 150 Å². The molecular formula is C20H20F3NO2. The summed E-state index contributed by atoms with van der Waals surface area (Å²) in [7, 11) is 0. The number of carbonyl (C=O) groups is 1. The van der Waals surface area contributed by atoms with Gasteiger partial charge in [0, 0.05) is 6.07 Å². The van der Waals surface area contributed by atoms with E-state index in [9.17, 15) is 18.0 Å². The van der Waals surface area contributed by atoms with Crippen LogP contribution in [0.2, 0.25) is 0 Å². The number of hydrogen-bond donors (Lipinski definition) is 0. The number of rotatable bonds is 4. The van der Waals surface area contributed by atoms with Crippen LogP contribution < -0.4 is 4.74 Å². The Bertz CT molecular complexity index is 784. The number of hydrogen-bond acceptors (Lipinski definition) is 3. The lowest BCUT2D eigenvalue weighted by Gasteiger charge is -2.27. The molecule has 0 spiro atoms. The van der Waals surface area contributed by atoms with Crippen LogP contribution in [0.4, 0.5) is 13.2 Å². The lowest BCUT2D eigenvalue weighted by molar-refractivity contribution is -0.140. The lowest BCUT2D eigenvalue weighted by Crippen LogP contribution is -2.25. The highest BCUT2D eigenvalue weighted by Crippen LogP contribution is 2.36. The summed E-state index contributed by atoms with van der Waals surface area (Å²) in [6.07, 6.45) is 3.86. The zero-order valence-electron chi connectivity index (χ0n) is 14.5. The molecule has 1 fully saturated rings. The first-order valence-electron chi connectivity index (χ1n) is 8.80. The van der Waals surface area contributed by atoms with Crippen LogP contribution in [0.25, 0.3) is 0 Å². The van der Waals surface area contributed by atoms with Gasteiger partial charge in [0.1, 0.15) is 0 Å². The first-order chi connectivity index (χ1) is 12.5. The van der Waals surface area contributed by atoms with Crippen LogP contribution in [0.15, 0.2) is 30.3 Å². The topological polar surface area (TPSA) is 39.2 Å². The molecule has 26 heavy (non-hydrogen) atoms. The van der Waals surface area contributed by atoms with Gasteiger partial charge in [0.2, 0.25) is 0 Å². The van der Waals surface area contributed by atoms with Crippen molar-refractivity contribution in [1.82, 2.24) is 4.98 Å². The number of aryl methyl sites for hydroxylation is 1. The van der Waals surface area contributed by atoms with E-state index >= 15 is 0 Å². The minimum atomic E-state index is -1.56. The van der Waals surface area contributed by atoms with Gasteiger partial charge in [-0.3, -0.25) is 4.79 Å². The van der Waals surface area contributed by atoms with Crippen molar-refractivity contribution in [2.75, 3.05) is 0 Å². The molecule has 0 aliphatic heterocycles. The van der Waals surface area contributed by atoms with E-state index < -0.39 is 29.4 Å². The maximum absolute atomic E-state index is 13.5. The largest absolute Gasteiger partial charge is 0.421 e. The highest BCUT2D eigenvalue weighted by molar-refractivity contribution is 5.75. The third-order valence-electron chi connectivity index (χ3n) is 4.98. The van der Waals surface area contributed by atoms with E-state index in [1.54, 1.807) is 0 Å². The zero-order valence-corrected chi connectivity index (χ0v) is 14.5. The summed E-state index contributed by atoms with van der Waals surface area (Å²) in [5.74, 6) is -5.55. The summed E-state index contributed by atoms with van der Waals surface area (Å²) in [5, 5.41) is 0. The van der Waals surface area contributed by atoms with Gasteiger partial charge in [-0.2, -0.15) is 13.8 Å². The standard InChI is InChI=1S/C20H20F3NO2/c1-2-12-3-5-13(6-4-12)14-7-9-15(10-8-14)20(25)26-17-11-16(21)18(22)24-19(17)23/h3-6,11,14-15H,2,7-10H2,1H3/t14-,15-. The third-order valence-corrected chi connectivity index (χ3v) is 4.98. The van der Waals surface area contributed by atoms with Crippen LogP contribution in [0.5, 0.6) is 5.75 Å². The van der Waals surface area contributed by atoms with E-state index in [1.807, 2.05) is 0 Å². The SMILES string of the molecule is CCc1ccc([C@H]2CC[C@H](C(=O)Oc3cc(F)c(F)nc3F)CC2)cc1. The summed E-state index contributed by atoms with van der Waals surface area (Å²) in [6, 6.07) is 9.01. The number of esters is 1. The van der Waals surface area contributed by atoms with Crippen molar-refractivity contribution in [3.8, 4) is 5.75 Å². The molecule has 1 aromatic carbocycles. The van der Waals surface area contributed by atoms with Gasteiger partial charge in [0.05, 0.1) is 5.92 Å². The molecule has 0 radical (unpaired) electrons. The Morgan fingerprint density at radius 3 is 2.35 bits per heavy atom. The quantitative estimate of drug-likeness (QED) is 0.570. The number of nitrogens with zero attached hydrogens (tertiary/aromatic N) is 1. The summed E-state index contributed by atoms with van der Waals surface area (Å²) in [6.45, 7) is 2.11. The molecule has 1 aromatic heterocycles. The van der Waals surface area contributed by atoms with E-state index in [1.165, 1.54) is 11.1 Å². The van der Waals surface area contributed by atoms with Crippen LogP contribution >= 0.6 is 0 Å². The van der Waals surface area contributed by atoms with Crippen molar-refractivity contribution in [1.29, 1.82) is 0 Å². The van der Waals surface area contributed by atoms with E-state index in [0.29, 0.717) is 24.8 Å². The highest BCUT2D eigenvalue weighted by Gasteiger charge is 2.29. The molecular weight excluding hydrogens is 343 g/mol. The second-order valence-electron chi connectivity index (χ2n) is 6.61. The Hall–Kier alpha value is -2.37. The predicted octanol–water partition coefficient (Wildman–Crippen LogP) is 4.94. The van der Waals surface area contributed by atoms with Crippen molar-refractivity contribution in [3.05, 3.63) is 59.2 Å². The molecule has 1 aliphatic carbocycles. The van der Waals surface area contributed by atoms with E-state index in [4.69, 9.17) is 4.74 Å². The molecule has 2 aromatic rings. The number of carbonyl (C=O) groups excluding carboxylic acids is 1. The maximum Gasteiger partial charge on any atom is 0.314 e. The number of pyridine rings is 1. The van der Waals surface area contributed by atoms with Gasteiger partial charge in [-0.25, -0.2) is 4.39 Å². The van der Waals surface area contributed by atoms with E-state index in [2.05, 4.69) is 36.2 Å². The van der Waals surface area contributed by atoms with Gasteiger partial charge >= 0.3 is 5.97 Å². The second kappa shape index (κ2) is 7.89. The molecule has 1 heterocycles. The molecule has 138 valence electrons. The maximum atomic E-state index is 13.5. The molecule has 3 nitrogen and oxygen atoms in total. The van der Waals surface area contributed by atoms with Crippen molar-refractivity contribution in [2.45, 2.75) is 44.9 Å². The number of halogens is 3. The molecule has 1 saturated carbocycles. The summed E-state index contributed by atoms with van der Waals surface area (Å²) >= 11 is 0. The fourth-order valence-electron chi connectivity index (χ4n) is 3.38. The highest BCUT2D eigenvalue weighted by atomic mass is 19.2. The second-order valence-corrected chi connectivity index (χ2v) is 6.61. The first-order valence-corrected chi connectivity index (χ1v) is 8.80. The van der Waals surface area contributed by atoms with Gasteiger partial charge in [-0.1, -0.05) is 31.2 Å². The average molecular weight is 363 g/mol. The van der Waals surface area contributed by atoms with Crippen molar-refractivity contribution < 1.29 is 22.7 Å². The monoisotopic (exact) mass is 363 g/mol. The Morgan fingerprint density at radius 1 is 1.08 bits per heavy atom. The van der Waals surface area contributed by atoms with Crippen LogP contribution in [-0.4, -0.2) is 11.0 Å². The van der Waals surface area contributed by atoms with Crippen LogP contribution in [0.3, 0.4) is 0 Å². The van der Waals surface area contributed by atoms with Gasteiger partial charge < -0.3 is 4.74 Å². The lowest BCUT2D eigenvalue weighted by atomic mass is 9.78. The molecule has 0 saturated heterocycles. The van der Waals surface area contributed by atoms with Gasteiger partial charge in [-0.15, -0.1) is 0 Å². The Balaban J connectivity index is 1.59. The van der Waals surface area contributed by atoms with Crippen molar-refractivity contribution in [2.24, 2.45) is 5.92 Å².